The predicted molar refractivity (Wildman–Crippen MR) is 229 cm³/mol. The van der Waals surface area contributed by atoms with Gasteiger partial charge in [-0.25, -0.2) is 0 Å². The van der Waals surface area contributed by atoms with Gasteiger partial charge in [-0.05, 0) is 25.2 Å². The maximum atomic E-state index is 12.7. The molecule has 54 heavy (non-hydrogen) atoms. The molecule has 0 rings (SSSR count). The second kappa shape index (κ2) is 42.6. The molecule has 0 N–H and O–H groups in total. The van der Waals surface area contributed by atoms with Crippen molar-refractivity contribution in [3.05, 3.63) is 0 Å². The second-order valence-corrected chi connectivity index (χ2v) is 16.9. The van der Waals surface area contributed by atoms with E-state index in [-0.39, 0.29) is 31.1 Å². The van der Waals surface area contributed by atoms with Crippen LogP contribution in [0.4, 0.5) is 0 Å². The fourth-order valence-electron chi connectivity index (χ4n) is 7.16. The lowest BCUT2D eigenvalue weighted by atomic mass is 10.0. The van der Waals surface area contributed by atoms with Crippen molar-refractivity contribution in [1.82, 2.24) is 0 Å². The molecule has 0 amide bonds. The minimum Gasteiger partial charge on any atom is -0.462 e. The summed E-state index contributed by atoms with van der Waals surface area (Å²) >= 11 is 0. The summed E-state index contributed by atoms with van der Waals surface area (Å²) in [6.07, 6.45) is 42.3. The number of hydrogen-bond acceptors (Lipinski definition) is 6. The minimum absolute atomic E-state index is 0.0635. The first-order valence-electron chi connectivity index (χ1n) is 23.9. The fraction of sp³-hybridized carbons (Fsp3) is 0.938. The van der Waals surface area contributed by atoms with E-state index in [4.69, 9.17) is 14.2 Å². The van der Waals surface area contributed by atoms with Gasteiger partial charge >= 0.3 is 17.9 Å². The average molecular weight is 765 g/mol. The Morgan fingerprint density at radius 2 is 0.611 bits per heavy atom. The highest BCUT2D eigenvalue weighted by molar-refractivity contribution is 5.71. The second-order valence-electron chi connectivity index (χ2n) is 16.9. The van der Waals surface area contributed by atoms with Crippen molar-refractivity contribution < 1.29 is 28.6 Å². The first-order chi connectivity index (χ1) is 26.4. The Morgan fingerprint density at radius 1 is 0.352 bits per heavy atom. The SMILES string of the molecule is CCCCCCCCCCCCCC(=O)OC[C@@H](COC(=O)CCCCCCCCCCCCCCCC(C)C)OC(=O)CCCCCCCCCCC. The molecule has 0 aliphatic heterocycles. The van der Waals surface area contributed by atoms with Crippen LogP contribution < -0.4 is 0 Å². The molecule has 320 valence electrons. The van der Waals surface area contributed by atoms with E-state index in [9.17, 15) is 14.4 Å². The molecular formula is C48H92O6. The Kier molecular flexibility index (Phi) is 41.3. The predicted octanol–water partition coefficient (Wildman–Crippen LogP) is 15.1. The number of hydrogen-bond donors (Lipinski definition) is 0. The smallest absolute Gasteiger partial charge is 0.306 e. The van der Waals surface area contributed by atoms with Gasteiger partial charge in [0.2, 0.25) is 0 Å². The largest absolute Gasteiger partial charge is 0.462 e. The Labute approximate surface area is 336 Å². The summed E-state index contributed by atoms with van der Waals surface area (Å²) < 4.78 is 16.7. The van der Waals surface area contributed by atoms with Gasteiger partial charge < -0.3 is 14.2 Å². The van der Waals surface area contributed by atoms with Crippen LogP contribution in [0.15, 0.2) is 0 Å². The number of carbonyl (C=O) groups excluding carboxylic acids is 3. The van der Waals surface area contributed by atoms with Crippen LogP contribution in [0.5, 0.6) is 0 Å². The zero-order chi connectivity index (χ0) is 39.6. The van der Waals surface area contributed by atoms with E-state index in [0.29, 0.717) is 19.3 Å². The van der Waals surface area contributed by atoms with Crippen LogP contribution in [0.2, 0.25) is 0 Å². The zero-order valence-electron chi connectivity index (χ0n) is 36.7. The van der Waals surface area contributed by atoms with Gasteiger partial charge in [-0.3, -0.25) is 14.4 Å². The Morgan fingerprint density at radius 3 is 0.907 bits per heavy atom. The third kappa shape index (κ3) is 41.6. The molecule has 0 fully saturated rings. The Balaban J connectivity index is 4.25. The van der Waals surface area contributed by atoms with E-state index in [1.807, 2.05) is 0 Å². The standard InChI is InChI=1S/C48H92O6/c1-5-7-9-11-13-15-19-24-27-31-35-39-46(49)52-42-45(54-48(51)41-37-33-29-22-14-12-10-8-6-2)43-53-47(50)40-36-32-28-25-21-18-16-17-20-23-26-30-34-38-44(3)4/h44-45H,5-43H2,1-4H3/t45-/m0/s1. The summed E-state index contributed by atoms with van der Waals surface area (Å²) in [4.78, 5) is 37.7. The van der Waals surface area contributed by atoms with E-state index in [1.54, 1.807) is 0 Å². The number of esters is 3. The van der Waals surface area contributed by atoms with Gasteiger partial charge in [-0.2, -0.15) is 0 Å². The molecule has 0 aromatic heterocycles. The lowest BCUT2D eigenvalue weighted by Gasteiger charge is -2.18. The third-order valence-electron chi connectivity index (χ3n) is 10.8. The van der Waals surface area contributed by atoms with E-state index in [1.165, 1.54) is 161 Å². The first-order valence-corrected chi connectivity index (χ1v) is 23.9. The maximum absolute atomic E-state index is 12.7. The van der Waals surface area contributed by atoms with Crippen LogP contribution in [-0.4, -0.2) is 37.2 Å². The van der Waals surface area contributed by atoms with Crippen molar-refractivity contribution in [1.29, 1.82) is 0 Å². The van der Waals surface area contributed by atoms with E-state index < -0.39 is 6.10 Å². The highest BCUT2D eigenvalue weighted by atomic mass is 16.6. The summed E-state index contributed by atoms with van der Waals surface area (Å²) in [6, 6.07) is 0. The highest BCUT2D eigenvalue weighted by Crippen LogP contribution is 2.16. The van der Waals surface area contributed by atoms with Crippen molar-refractivity contribution in [3.63, 3.8) is 0 Å². The van der Waals surface area contributed by atoms with E-state index in [0.717, 1.165) is 63.7 Å². The van der Waals surface area contributed by atoms with Crippen molar-refractivity contribution in [3.8, 4) is 0 Å². The lowest BCUT2D eigenvalue weighted by Crippen LogP contribution is -2.30. The van der Waals surface area contributed by atoms with Crippen LogP contribution >= 0.6 is 0 Å². The Bertz CT molecular complexity index is 811. The molecule has 6 nitrogen and oxygen atoms in total. The van der Waals surface area contributed by atoms with Crippen LogP contribution in [0, 0.1) is 5.92 Å². The molecule has 0 heterocycles. The van der Waals surface area contributed by atoms with Crippen molar-refractivity contribution in [2.75, 3.05) is 13.2 Å². The molecule has 0 aliphatic rings. The quantitative estimate of drug-likeness (QED) is 0.0349. The number of rotatable bonds is 43. The monoisotopic (exact) mass is 765 g/mol. The van der Waals surface area contributed by atoms with Crippen molar-refractivity contribution >= 4 is 17.9 Å². The third-order valence-corrected chi connectivity index (χ3v) is 10.8. The van der Waals surface area contributed by atoms with Gasteiger partial charge in [-0.1, -0.05) is 227 Å². The van der Waals surface area contributed by atoms with Crippen LogP contribution in [-0.2, 0) is 28.6 Å². The first kappa shape index (κ1) is 52.4. The van der Waals surface area contributed by atoms with Gasteiger partial charge in [0.05, 0.1) is 0 Å². The fourth-order valence-corrected chi connectivity index (χ4v) is 7.16. The zero-order valence-corrected chi connectivity index (χ0v) is 36.7. The lowest BCUT2D eigenvalue weighted by molar-refractivity contribution is -0.167. The van der Waals surface area contributed by atoms with Gasteiger partial charge in [0.1, 0.15) is 13.2 Å². The Hall–Kier alpha value is -1.59. The van der Waals surface area contributed by atoms with Gasteiger partial charge in [0, 0.05) is 19.3 Å². The summed E-state index contributed by atoms with van der Waals surface area (Å²) in [7, 11) is 0. The van der Waals surface area contributed by atoms with Crippen molar-refractivity contribution in [2.24, 2.45) is 5.92 Å². The maximum Gasteiger partial charge on any atom is 0.306 e. The van der Waals surface area contributed by atoms with Gasteiger partial charge in [0.15, 0.2) is 6.10 Å². The van der Waals surface area contributed by atoms with Gasteiger partial charge in [0.25, 0.3) is 0 Å². The minimum atomic E-state index is -0.758. The molecule has 0 unspecified atom stereocenters. The highest BCUT2D eigenvalue weighted by Gasteiger charge is 2.19. The molecule has 0 bridgehead atoms. The molecule has 0 aromatic carbocycles. The summed E-state index contributed by atoms with van der Waals surface area (Å²) in [5.41, 5.74) is 0. The molecule has 0 saturated heterocycles. The van der Waals surface area contributed by atoms with Crippen LogP contribution in [0.1, 0.15) is 265 Å². The average Bonchev–Trinajstić information content (AvgIpc) is 3.15. The topological polar surface area (TPSA) is 78.9 Å². The number of carbonyl (C=O) groups is 3. The van der Waals surface area contributed by atoms with Crippen LogP contribution in [0.3, 0.4) is 0 Å². The summed E-state index contributed by atoms with van der Waals surface area (Å²) in [6.45, 7) is 8.99. The van der Waals surface area contributed by atoms with Gasteiger partial charge in [-0.15, -0.1) is 0 Å². The van der Waals surface area contributed by atoms with E-state index >= 15 is 0 Å². The number of unbranched alkanes of at least 4 members (excludes halogenated alkanes) is 30. The normalized spacial score (nSPS) is 11.9. The molecule has 0 spiro atoms. The molecule has 0 radical (unpaired) electrons. The molecule has 1 atom stereocenters. The molecule has 0 aliphatic carbocycles. The molecule has 0 saturated carbocycles. The summed E-state index contributed by atoms with van der Waals surface area (Å²) in [5.74, 6) is -0.0136. The number of ether oxygens (including phenoxy) is 3. The van der Waals surface area contributed by atoms with Crippen LogP contribution in [0.25, 0.3) is 0 Å². The molecular weight excluding hydrogens is 673 g/mol. The summed E-state index contributed by atoms with van der Waals surface area (Å²) in [5, 5.41) is 0. The van der Waals surface area contributed by atoms with Crippen molar-refractivity contribution in [2.45, 2.75) is 271 Å². The van der Waals surface area contributed by atoms with E-state index in [2.05, 4.69) is 27.7 Å². The molecule has 0 aromatic rings. The molecule has 6 heteroatoms.